The Balaban J connectivity index is 2.46. The van der Waals surface area contributed by atoms with Crippen LogP contribution in [-0.4, -0.2) is 31.6 Å². The molecular formula is C21H24O4Si. The van der Waals surface area contributed by atoms with Crippen LogP contribution in [0.4, 0.5) is 0 Å². The van der Waals surface area contributed by atoms with Gasteiger partial charge in [-0.2, -0.15) is 0 Å². The molecule has 0 aromatic heterocycles. The molecule has 5 heteroatoms. The molecule has 0 bridgehead atoms. The molecule has 0 aliphatic carbocycles. The van der Waals surface area contributed by atoms with Gasteiger partial charge in [0, 0.05) is 12.2 Å². The molecule has 0 spiro atoms. The molecule has 2 rings (SSSR count). The molecule has 0 amide bonds. The van der Waals surface area contributed by atoms with Gasteiger partial charge in [0.25, 0.3) is 0 Å². The van der Waals surface area contributed by atoms with Crippen molar-refractivity contribution in [3.8, 4) is 0 Å². The van der Waals surface area contributed by atoms with Crippen LogP contribution in [0.3, 0.4) is 0 Å². The van der Waals surface area contributed by atoms with Crippen molar-refractivity contribution in [3.05, 3.63) is 72.8 Å². The van der Waals surface area contributed by atoms with Gasteiger partial charge in [-0.25, -0.2) is 9.59 Å². The van der Waals surface area contributed by atoms with E-state index in [0.717, 1.165) is 12.2 Å². The van der Waals surface area contributed by atoms with E-state index in [-0.39, 0.29) is 11.1 Å². The van der Waals surface area contributed by atoms with Gasteiger partial charge in [0.15, 0.2) is 0 Å². The Morgan fingerprint density at radius 3 is 1.77 bits per heavy atom. The van der Waals surface area contributed by atoms with E-state index in [2.05, 4.69) is 24.3 Å². The molecule has 0 radical (unpaired) electrons. The van der Waals surface area contributed by atoms with E-state index in [4.69, 9.17) is 9.84 Å². The predicted molar refractivity (Wildman–Crippen MR) is 105 cm³/mol. The van der Waals surface area contributed by atoms with Crippen molar-refractivity contribution in [2.45, 2.75) is 26.5 Å². The number of hydrogen-bond donors (Lipinski definition) is 1. The molecule has 1 N–H and O–H groups in total. The number of carbonyl (C=O) groups is 2. The second-order valence-corrected chi connectivity index (χ2v) is 10.1. The van der Waals surface area contributed by atoms with Crippen molar-refractivity contribution in [1.29, 1.82) is 0 Å². The van der Waals surface area contributed by atoms with Crippen LogP contribution in [0, 0.1) is 5.41 Å². The average molecular weight is 369 g/mol. The Hall–Kier alpha value is -2.66. The third-order valence-electron chi connectivity index (χ3n) is 4.08. The highest BCUT2D eigenvalue weighted by Gasteiger charge is 2.38. The minimum atomic E-state index is -1.92. The third-order valence-corrected chi connectivity index (χ3v) is 8.03. The zero-order chi connectivity index (χ0) is 19.2. The Morgan fingerprint density at radius 2 is 1.38 bits per heavy atom. The summed E-state index contributed by atoms with van der Waals surface area (Å²) in [5.41, 5.74) is -0.631. The van der Waals surface area contributed by atoms with E-state index < -0.39 is 20.7 Å². The number of carboxylic acids is 1. The molecule has 4 nitrogen and oxygen atoms in total. The fraction of sp³-hybridized carbons (Fsp3) is 0.238. The number of carboxylic acid groups (broad SMARTS) is 1. The molecule has 2 aromatic carbocycles. The summed E-state index contributed by atoms with van der Waals surface area (Å²) in [4.78, 5) is 22.9. The highest BCUT2D eigenvalue weighted by atomic mass is 28.3. The van der Waals surface area contributed by atoms with Gasteiger partial charge in [0.2, 0.25) is 0 Å². The zero-order valence-electron chi connectivity index (χ0n) is 15.3. The largest absolute Gasteiger partial charge is 0.478 e. The molecule has 0 aliphatic heterocycles. The van der Waals surface area contributed by atoms with Gasteiger partial charge in [-0.15, -0.1) is 0 Å². The summed E-state index contributed by atoms with van der Waals surface area (Å²) in [7, 11) is -1.92. The number of aliphatic carboxylic acids is 1. The number of hydrogen-bond acceptors (Lipinski definition) is 3. The normalized spacial score (nSPS) is 12.9. The van der Waals surface area contributed by atoms with Crippen LogP contribution >= 0.6 is 0 Å². The molecule has 2 aromatic rings. The molecule has 0 aliphatic rings. The molecule has 26 heavy (non-hydrogen) atoms. The summed E-state index contributed by atoms with van der Waals surface area (Å²) in [6.07, 6.45) is 1.78. The molecule has 136 valence electrons. The summed E-state index contributed by atoms with van der Waals surface area (Å²) >= 11 is 0. The number of rotatable bonds is 6. The van der Waals surface area contributed by atoms with Crippen molar-refractivity contribution in [3.63, 3.8) is 0 Å². The van der Waals surface area contributed by atoms with Crippen molar-refractivity contribution >= 4 is 31.1 Å². The van der Waals surface area contributed by atoms with Gasteiger partial charge in [-0.05, 0) is 5.41 Å². The predicted octanol–water partition coefficient (Wildman–Crippen LogP) is 2.17. The fourth-order valence-corrected chi connectivity index (χ4v) is 6.54. The van der Waals surface area contributed by atoms with Crippen LogP contribution in [0.15, 0.2) is 72.8 Å². The fourth-order valence-electron chi connectivity index (χ4n) is 2.91. The van der Waals surface area contributed by atoms with Gasteiger partial charge in [0.1, 0.15) is 14.5 Å². The highest BCUT2D eigenvalue weighted by Crippen LogP contribution is 2.25. The van der Waals surface area contributed by atoms with Crippen molar-refractivity contribution in [2.24, 2.45) is 5.41 Å². The van der Waals surface area contributed by atoms with E-state index in [0.29, 0.717) is 0 Å². The summed E-state index contributed by atoms with van der Waals surface area (Å²) in [5, 5.41) is 11.1. The van der Waals surface area contributed by atoms with Gasteiger partial charge < -0.3 is 9.84 Å². The van der Waals surface area contributed by atoms with Crippen LogP contribution in [0.1, 0.15) is 20.8 Å². The van der Waals surface area contributed by atoms with Crippen LogP contribution in [0.5, 0.6) is 0 Å². The first-order valence-electron chi connectivity index (χ1n) is 8.50. The van der Waals surface area contributed by atoms with Crippen LogP contribution in [0.25, 0.3) is 0 Å². The lowest BCUT2D eigenvalue weighted by Crippen LogP contribution is -2.58. The van der Waals surface area contributed by atoms with Crippen molar-refractivity contribution in [1.82, 2.24) is 0 Å². The maximum Gasteiger partial charge on any atom is 0.330 e. The maximum atomic E-state index is 12.2. The lowest BCUT2D eigenvalue weighted by Gasteiger charge is -2.36. The Kier molecular flexibility index (Phi) is 6.52. The summed E-state index contributed by atoms with van der Waals surface area (Å²) < 4.78 is 5.81. The quantitative estimate of drug-likeness (QED) is 0.482. The van der Waals surface area contributed by atoms with Gasteiger partial charge in [-0.3, -0.25) is 0 Å². The van der Waals surface area contributed by atoms with Gasteiger partial charge in [-0.1, -0.05) is 91.8 Å². The lowest BCUT2D eigenvalue weighted by molar-refractivity contribution is -0.143. The number of esters is 1. The zero-order valence-corrected chi connectivity index (χ0v) is 16.4. The second-order valence-electron chi connectivity index (χ2n) is 7.19. The topological polar surface area (TPSA) is 63.6 Å². The second kappa shape index (κ2) is 8.63. The summed E-state index contributed by atoms with van der Waals surface area (Å²) in [6, 6.07) is 20.2. The first kappa shape index (κ1) is 19.7. The molecule has 1 atom stereocenters. The molecule has 1 unspecified atom stereocenters. The molecule has 0 saturated carbocycles. The van der Waals surface area contributed by atoms with E-state index in [1.807, 2.05) is 57.2 Å². The summed E-state index contributed by atoms with van der Waals surface area (Å²) in [5.74, 6) is -1.80. The Labute approximate surface area is 155 Å². The number of carbonyl (C=O) groups excluding carboxylic acids is 1. The Morgan fingerprint density at radius 1 is 0.923 bits per heavy atom. The summed E-state index contributed by atoms with van der Waals surface area (Å²) in [6.45, 7) is 6.12. The molecular weight excluding hydrogens is 344 g/mol. The maximum absolute atomic E-state index is 12.2. The monoisotopic (exact) mass is 368 g/mol. The first-order valence-corrected chi connectivity index (χ1v) is 10.3. The number of benzene rings is 2. The van der Waals surface area contributed by atoms with E-state index in [9.17, 15) is 9.59 Å². The van der Waals surface area contributed by atoms with E-state index >= 15 is 0 Å². The van der Waals surface area contributed by atoms with Gasteiger partial charge in [0.05, 0.1) is 0 Å². The van der Waals surface area contributed by atoms with Crippen molar-refractivity contribution in [2.75, 3.05) is 0 Å². The van der Waals surface area contributed by atoms with Crippen molar-refractivity contribution < 1.29 is 19.4 Å². The smallest absolute Gasteiger partial charge is 0.330 e. The lowest BCUT2D eigenvalue weighted by atomic mass is 9.98. The standard InChI is InChI=1S/C21H24O4Si/c1-21(2,3)20(25-19(24)15-14-18(22)23)26(16-10-6-4-7-11-16)17-12-8-5-9-13-17/h4-15,20,26H,1-3H3,(H,22,23)/b15-14+. The molecule has 0 saturated heterocycles. The number of ether oxygens (including phenoxy) is 1. The van der Waals surface area contributed by atoms with Crippen LogP contribution in [-0.2, 0) is 14.3 Å². The minimum Gasteiger partial charge on any atom is -0.478 e. The van der Waals surface area contributed by atoms with E-state index in [1.165, 1.54) is 10.4 Å². The first-order chi connectivity index (χ1) is 12.3. The SMILES string of the molecule is CC(C)(C)C(OC(=O)/C=C/C(=O)O)[SiH](c1ccccc1)c1ccccc1. The van der Waals surface area contributed by atoms with Gasteiger partial charge >= 0.3 is 11.9 Å². The average Bonchev–Trinajstić information content (AvgIpc) is 2.60. The highest BCUT2D eigenvalue weighted by molar-refractivity contribution is 6.86. The molecule has 0 heterocycles. The molecule has 0 fully saturated rings. The third kappa shape index (κ3) is 5.42. The van der Waals surface area contributed by atoms with Crippen LogP contribution < -0.4 is 10.4 Å². The van der Waals surface area contributed by atoms with E-state index in [1.54, 1.807) is 0 Å². The Bertz CT molecular complexity index is 724. The van der Waals surface area contributed by atoms with Crippen LogP contribution in [0.2, 0.25) is 0 Å². The minimum absolute atomic E-state index is 0.296.